The Balaban J connectivity index is 2.02. The first-order valence-corrected chi connectivity index (χ1v) is 8.55. The SMILES string of the molecule is CC(C)(C)OC(=O)NC[C@@H]1CC(=N)[C@@H]2CN1C(=O)N2OS(=O)(=O)O. The number of alkyl carbamates (subject to hydrolysis) is 1. The largest absolute Gasteiger partial charge is 0.444 e. The number of hydroxylamine groups is 2. The Morgan fingerprint density at radius 3 is 2.62 bits per heavy atom. The normalized spacial score (nSPS) is 24.3. The molecule has 2 bridgehead atoms. The number of fused-ring (bicyclic) bond motifs is 2. The summed E-state index contributed by atoms with van der Waals surface area (Å²) in [4.78, 5) is 25.2. The van der Waals surface area contributed by atoms with Gasteiger partial charge in [0, 0.05) is 18.7 Å². The van der Waals surface area contributed by atoms with Crippen LogP contribution in [-0.4, -0.2) is 71.5 Å². The number of nitrogens with one attached hydrogen (secondary N) is 2. The molecule has 2 heterocycles. The topological polar surface area (TPSA) is 149 Å². The second kappa shape index (κ2) is 6.18. The van der Waals surface area contributed by atoms with Crippen molar-refractivity contribution in [3.8, 4) is 0 Å². The Morgan fingerprint density at radius 2 is 2.08 bits per heavy atom. The fourth-order valence-corrected chi connectivity index (χ4v) is 2.91. The van der Waals surface area contributed by atoms with Crippen molar-refractivity contribution < 1.29 is 31.6 Å². The zero-order valence-electron chi connectivity index (χ0n) is 13.5. The molecule has 0 radical (unpaired) electrons. The number of ether oxygens (including phenoxy) is 1. The molecule has 0 aromatic carbocycles. The molecular formula is C12H20N4O7S. The first kappa shape index (κ1) is 18.4. The summed E-state index contributed by atoms with van der Waals surface area (Å²) in [7, 11) is -4.87. The molecule has 3 N–H and O–H groups in total. The maximum absolute atomic E-state index is 12.2. The molecule has 3 amide bonds. The molecule has 0 unspecified atom stereocenters. The molecule has 0 spiro atoms. The molecule has 2 rings (SSSR count). The van der Waals surface area contributed by atoms with E-state index in [0.29, 0.717) is 5.06 Å². The highest BCUT2D eigenvalue weighted by Gasteiger charge is 2.50. The average Bonchev–Trinajstić information content (AvgIpc) is 2.65. The lowest BCUT2D eigenvalue weighted by Crippen LogP contribution is -2.50. The number of rotatable bonds is 4. The Morgan fingerprint density at radius 1 is 1.46 bits per heavy atom. The van der Waals surface area contributed by atoms with Crippen LogP contribution in [-0.2, 0) is 19.4 Å². The average molecular weight is 364 g/mol. The summed E-state index contributed by atoms with van der Waals surface area (Å²) >= 11 is 0. The number of nitrogens with zero attached hydrogens (tertiary/aromatic N) is 2. The molecule has 0 aromatic heterocycles. The predicted molar refractivity (Wildman–Crippen MR) is 80.7 cm³/mol. The van der Waals surface area contributed by atoms with Crippen molar-refractivity contribution in [3.05, 3.63) is 0 Å². The van der Waals surface area contributed by atoms with Crippen molar-refractivity contribution in [2.75, 3.05) is 13.1 Å². The van der Waals surface area contributed by atoms with E-state index < -0.39 is 40.2 Å². The summed E-state index contributed by atoms with van der Waals surface area (Å²) in [5.41, 5.74) is -0.602. The van der Waals surface area contributed by atoms with Gasteiger partial charge in [-0.05, 0) is 20.8 Å². The van der Waals surface area contributed by atoms with E-state index >= 15 is 0 Å². The second-order valence-corrected chi connectivity index (χ2v) is 7.55. The van der Waals surface area contributed by atoms with Crippen LogP contribution in [0.1, 0.15) is 27.2 Å². The molecule has 0 aliphatic carbocycles. The molecule has 11 nitrogen and oxygen atoms in total. The summed E-state index contributed by atoms with van der Waals surface area (Å²) in [5, 5.41) is 10.9. The monoisotopic (exact) mass is 364 g/mol. The number of urea groups is 1. The molecule has 2 saturated heterocycles. The molecule has 2 atom stereocenters. The molecule has 24 heavy (non-hydrogen) atoms. The van der Waals surface area contributed by atoms with E-state index in [1.54, 1.807) is 20.8 Å². The molecule has 136 valence electrons. The van der Waals surface area contributed by atoms with Crippen molar-refractivity contribution in [2.24, 2.45) is 0 Å². The minimum Gasteiger partial charge on any atom is -0.444 e. The third-order valence-corrected chi connectivity index (χ3v) is 3.79. The van der Waals surface area contributed by atoms with E-state index in [4.69, 9.17) is 14.7 Å². The van der Waals surface area contributed by atoms with Gasteiger partial charge < -0.3 is 20.4 Å². The van der Waals surface area contributed by atoms with Crippen molar-refractivity contribution in [1.29, 1.82) is 5.41 Å². The highest BCUT2D eigenvalue weighted by atomic mass is 32.3. The van der Waals surface area contributed by atoms with Crippen molar-refractivity contribution >= 4 is 28.2 Å². The molecule has 2 aliphatic rings. The Bertz CT molecular complexity index is 657. The predicted octanol–water partition coefficient (Wildman–Crippen LogP) is 0.144. The Labute approximate surface area is 139 Å². The fraction of sp³-hybridized carbons (Fsp3) is 0.750. The summed E-state index contributed by atoms with van der Waals surface area (Å²) in [6, 6.07) is -2.23. The minimum atomic E-state index is -4.87. The zero-order valence-corrected chi connectivity index (χ0v) is 14.3. The van der Waals surface area contributed by atoms with Gasteiger partial charge in [-0.15, -0.1) is 4.28 Å². The molecular weight excluding hydrogens is 344 g/mol. The maximum Gasteiger partial charge on any atom is 0.418 e. The van der Waals surface area contributed by atoms with Gasteiger partial charge in [-0.25, -0.2) is 9.59 Å². The van der Waals surface area contributed by atoms with Crippen LogP contribution in [0.15, 0.2) is 0 Å². The van der Waals surface area contributed by atoms with Gasteiger partial charge in [0.15, 0.2) is 0 Å². The lowest BCUT2D eigenvalue weighted by atomic mass is 9.98. The number of hydrogen-bond acceptors (Lipinski definition) is 7. The van der Waals surface area contributed by atoms with Crippen molar-refractivity contribution in [3.63, 3.8) is 0 Å². The number of amides is 3. The van der Waals surface area contributed by atoms with Gasteiger partial charge in [-0.2, -0.15) is 13.5 Å². The quantitative estimate of drug-likeness (QED) is 0.601. The molecule has 12 heteroatoms. The third kappa shape index (κ3) is 4.33. The lowest BCUT2D eigenvalue weighted by molar-refractivity contribution is -0.0139. The van der Waals surface area contributed by atoms with E-state index in [1.165, 1.54) is 4.90 Å². The van der Waals surface area contributed by atoms with E-state index in [2.05, 4.69) is 9.60 Å². The fourth-order valence-electron chi connectivity index (χ4n) is 2.54. The van der Waals surface area contributed by atoms with E-state index in [0.717, 1.165) is 0 Å². The number of piperidine rings is 1. The van der Waals surface area contributed by atoms with Gasteiger partial charge in [0.05, 0.1) is 12.6 Å². The molecule has 0 saturated carbocycles. The first-order valence-electron chi connectivity index (χ1n) is 7.18. The highest BCUT2D eigenvalue weighted by Crippen LogP contribution is 2.28. The van der Waals surface area contributed by atoms with Crippen LogP contribution in [0.25, 0.3) is 0 Å². The van der Waals surface area contributed by atoms with Gasteiger partial charge in [0.25, 0.3) is 0 Å². The van der Waals surface area contributed by atoms with Crippen LogP contribution in [0.2, 0.25) is 0 Å². The molecule has 0 aromatic rings. The Hall–Kier alpha value is -1.92. The van der Waals surface area contributed by atoms with Gasteiger partial charge in [-0.1, -0.05) is 0 Å². The second-order valence-electron chi connectivity index (χ2n) is 6.54. The van der Waals surface area contributed by atoms with E-state index in [9.17, 15) is 18.0 Å². The summed E-state index contributed by atoms with van der Waals surface area (Å²) < 4.78 is 39.8. The van der Waals surface area contributed by atoms with Crippen LogP contribution >= 0.6 is 0 Å². The summed E-state index contributed by atoms with van der Waals surface area (Å²) in [6.07, 6.45) is -0.522. The van der Waals surface area contributed by atoms with Gasteiger partial charge in [0.2, 0.25) is 0 Å². The number of carbonyl (C=O) groups is 2. The van der Waals surface area contributed by atoms with Gasteiger partial charge in [0.1, 0.15) is 11.6 Å². The summed E-state index contributed by atoms with van der Waals surface area (Å²) in [6.45, 7) is 5.20. The Kier molecular flexibility index (Phi) is 4.74. The molecule has 2 aliphatic heterocycles. The van der Waals surface area contributed by atoms with Gasteiger partial charge >= 0.3 is 22.5 Å². The molecule has 2 fully saturated rings. The third-order valence-electron chi connectivity index (χ3n) is 3.44. The standard InChI is InChI=1S/C12H20N4O7S/c1-12(2,3)22-10(17)14-5-7-4-8(13)9-6-15(7)11(18)16(9)23-24(19,20)21/h7,9,13H,4-6H2,1-3H3,(H,14,17)(H,19,20,21)/t7-,9-/m0/s1. The number of carbonyl (C=O) groups excluding carboxylic acids is 2. The first-order chi connectivity index (χ1) is 10.9. The number of hydrogen-bond donors (Lipinski definition) is 3. The smallest absolute Gasteiger partial charge is 0.418 e. The van der Waals surface area contributed by atoms with Crippen LogP contribution in [0.4, 0.5) is 9.59 Å². The van der Waals surface area contributed by atoms with Crippen molar-refractivity contribution in [1.82, 2.24) is 15.3 Å². The lowest BCUT2D eigenvalue weighted by Gasteiger charge is -2.31. The maximum atomic E-state index is 12.2. The van der Waals surface area contributed by atoms with Crippen LogP contribution in [0, 0.1) is 5.41 Å². The van der Waals surface area contributed by atoms with Crippen LogP contribution in [0.3, 0.4) is 0 Å². The van der Waals surface area contributed by atoms with E-state index in [1.807, 2.05) is 0 Å². The van der Waals surface area contributed by atoms with Gasteiger partial charge in [-0.3, -0.25) is 4.55 Å². The van der Waals surface area contributed by atoms with Crippen LogP contribution in [0.5, 0.6) is 0 Å². The minimum absolute atomic E-state index is 0.0356. The van der Waals surface area contributed by atoms with Crippen molar-refractivity contribution in [2.45, 2.75) is 44.9 Å². The van der Waals surface area contributed by atoms with Crippen LogP contribution < -0.4 is 5.32 Å². The zero-order chi connectivity index (χ0) is 18.3. The highest BCUT2D eigenvalue weighted by molar-refractivity contribution is 7.80. The van der Waals surface area contributed by atoms with E-state index in [-0.39, 0.29) is 25.2 Å². The summed E-state index contributed by atoms with van der Waals surface area (Å²) in [5.74, 6) is 0.